The number of fused-ring (bicyclic) bond motifs is 1. The first-order chi connectivity index (χ1) is 7.92. The Morgan fingerprint density at radius 2 is 2.31 bits per heavy atom. The summed E-state index contributed by atoms with van der Waals surface area (Å²) in [5, 5.41) is 3.76. The van der Waals surface area contributed by atoms with Crippen molar-refractivity contribution in [1.82, 2.24) is 15.0 Å². The van der Waals surface area contributed by atoms with E-state index in [0.717, 1.165) is 24.9 Å². The summed E-state index contributed by atoms with van der Waals surface area (Å²) in [5.74, 6) is 0.990. The van der Waals surface area contributed by atoms with E-state index in [1.54, 1.807) is 6.20 Å². The van der Waals surface area contributed by atoms with Crippen LogP contribution in [0.5, 0.6) is 0 Å². The lowest BCUT2D eigenvalue weighted by Gasteiger charge is -2.43. The topological polar surface area (TPSA) is 32.5 Å². The minimum Gasteiger partial charge on any atom is -0.360 e. The molecule has 3 rings (SSSR count). The van der Waals surface area contributed by atoms with Crippen LogP contribution < -0.4 is 0 Å². The van der Waals surface area contributed by atoms with Gasteiger partial charge in [-0.15, -0.1) is 0 Å². The highest BCUT2D eigenvalue weighted by Gasteiger charge is 2.28. The fourth-order valence-corrected chi connectivity index (χ4v) is 2.91. The van der Waals surface area contributed by atoms with Crippen molar-refractivity contribution in [2.24, 2.45) is 0 Å². The molecule has 1 unspecified atom stereocenters. The molecule has 2 aliphatic heterocycles. The second kappa shape index (κ2) is 4.55. The highest BCUT2D eigenvalue weighted by Crippen LogP contribution is 2.21. The largest absolute Gasteiger partial charge is 0.360 e. The highest BCUT2D eigenvalue weighted by atomic mass is 16.5. The number of rotatable bonds is 2. The van der Waals surface area contributed by atoms with Crippen LogP contribution in [0.2, 0.25) is 0 Å². The molecular formula is C12H19N3O. The summed E-state index contributed by atoms with van der Waals surface area (Å²) in [6, 6.07) is 2.75. The van der Waals surface area contributed by atoms with Crippen LogP contribution in [0.3, 0.4) is 0 Å². The Kier molecular flexibility index (Phi) is 2.93. The van der Waals surface area contributed by atoms with Gasteiger partial charge in [-0.2, -0.15) is 0 Å². The maximum atomic E-state index is 5.17. The SMILES string of the molecule is c1cc(CN2CCN3CCCCC3C2)on1. The zero-order valence-electron chi connectivity index (χ0n) is 9.64. The second-order valence-electron chi connectivity index (χ2n) is 4.90. The summed E-state index contributed by atoms with van der Waals surface area (Å²) in [4.78, 5) is 5.15. The zero-order chi connectivity index (χ0) is 10.8. The van der Waals surface area contributed by atoms with Crippen LogP contribution in [0.15, 0.2) is 16.8 Å². The van der Waals surface area contributed by atoms with Gasteiger partial charge in [0.05, 0.1) is 12.7 Å². The van der Waals surface area contributed by atoms with Crippen molar-refractivity contribution < 1.29 is 4.52 Å². The molecule has 4 heteroatoms. The summed E-state index contributed by atoms with van der Waals surface area (Å²) in [6.45, 7) is 5.81. The van der Waals surface area contributed by atoms with Crippen molar-refractivity contribution in [1.29, 1.82) is 0 Å². The smallest absolute Gasteiger partial charge is 0.150 e. The predicted octanol–water partition coefficient (Wildman–Crippen LogP) is 1.34. The summed E-state index contributed by atoms with van der Waals surface area (Å²) in [7, 11) is 0. The molecule has 0 saturated carbocycles. The third-order valence-corrected chi connectivity index (χ3v) is 3.79. The molecule has 3 heterocycles. The number of hydrogen-bond acceptors (Lipinski definition) is 4. The molecular weight excluding hydrogens is 202 g/mol. The molecule has 0 aliphatic carbocycles. The average Bonchev–Trinajstić information content (AvgIpc) is 2.82. The lowest BCUT2D eigenvalue weighted by molar-refractivity contribution is 0.0417. The first-order valence-corrected chi connectivity index (χ1v) is 6.28. The van der Waals surface area contributed by atoms with E-state index in [1.807, 2.05) is 6.07 Å². The van der Waals surface area contributed by atoms with E-state index in [-0.39, 0.29) is 0 Å². The lowest BCUT2D eigenvalue weighted by Crippen LogP contribution is -2.54. The fourth-order valence-electron chi connectivity index (χ4n) is 2.91. The van der Waals surface area contributed by atoms with Crippen molar-refractivity contribution in [2.75, 3.05) is 26.2 Å². The van der Waals surface area contributed by atoms with E-state index in [0.29, 0.717) is 0 Å². The summed E-state index contributed by atoms with van der Waals surface area (Å²) in [6.07, 6.45) is 5.88. The summed E-state index contributed by atoms with van der Waals surface area (Å²) in [5.41, 5.74) is 0. The van der Waals surface area contributed by atoms with Crippen LogP contribution in [0.4, 0.5) is 0 Å². The van der Waals surface area contributed by atoms with Gasteiger partial charge in [0.15, 0.2) is 5.76 Å². The van der Waals surface area contributed by atoms with E-state index >= 15 is 0 Å². The number of piperazine rings is 1. The highest BCUT2D eigenvalue weighted by molar-refractivity contribution is 4.94. The average molecular weight is 221 g/mol. The fraction of sp³-hybridized carbons (Fsp3) is 0.750. The first-order valence-electron chi connectivity index (χ1n) is 6.28. The minimum atomic E-state index is 0.783. The van der Waals surface area contributed by atoms with Gasteiger partial charge in [-0.1, -0.05) is 11.6 Å². The Balaban J connectivity index is 1.58. The maximum absolute atomic E-state index is 5.17. The molecule has 0 amide bonds. The molecule has 2 fully saturated rings. The Hall–Kier alpha value is -0.870. The van der Waals surface area contributed by atoms with E-state index in [4.69, 9.17) is 4.52 Å². The standard InChI is InChI=1S/C12H19N3O/c1-2-6-15-8-7-14(9-11(15)3-1)10-12-4-5-13-16-12/h4-5,11H,1-3,6-10H2. The maximum Gasteiger partial charge on any atom is 0.150 e. The van der Waals surface area contributed by atoms with Gasteiger partial charge in [0.2, 0.25) is 0 Å². The number of piperidine rings is 1. The van der Waals surface area contributed by atoms with Crippen LogP contribution in [-0.2, 0) is 6.54 Å². The predicted molar refractivity (Wildman–Crippen MR) is 61.0 cm³/mol. The third-order valence-electron chi connectivity index (χ3n) is 3.79. The van der Waals surface area contributed by atoms with Gasteiger partial charge in [0.1, 0.15) is 0 Å². The molecule has 0 N–H and O–H groups in total. The van der Waals surface area contributed by atoms with Gasteiger partial charge in [0.25, 0.3) is 0 Å². The quantitative estimate of drug-likeness (QED) is 0.754. The van der Waals surface area contributed by atoms with Crippen molar-refractivity contribution >= 4 is 0 Å². The van der Waals surface area contributed by atoms with Crippen LogP contribution in [-0.4, -0.2) is 47.2 Å². The molecule has 1 aromatic rings. The molecule has 0 spiro atoms. The van der Waals surface area contributed by atoms with Gasteiger partial charge in [0, 0.05) is 31.7 Å². The molecule has 88 valence electrons. The second-order valence-corrected chi connectivity index (χ2v) is 4.90. The third kappa shape index (κ3) is 2.13. The Morgan fingerprint density at radius 1 is 1.31 bits per heavy atom. The minimum absolute atomic E-state index is 0.783. The Morgan fingerprint density at radius 3 is 3.19 bits per heavy atom. The van der Waals surface area contributed by atoms with Crippen molar-refractivity contribution in [2.45, 2.75) is 31.8 Å². The lowest BCUT2D eigenvalue weighted by atomic mass is 9.99. The van der Waals surface area contributed by atoms with Crippen LogP contribution in [0.25, 0.3) is 0 Å². The van der Waals surface area contributed by atoms with Crippen LogP contribution in [0.1, 0.15) is 25.0 Å². The summed E-state index contributed by atoms with van der Waals surface area (Å²) < 4.78 is 5.17. The van der Waals surface area contributed by atoms with Gasteiger partial charge in [-0.05, 0) is 19.4 Å². The van der Waals surface area contributed by atoms with E-state index in [9.17, 15) is 0 Å². The molecule has 4 nitrogen and oxygen atoms in total. The van der Waals surface area contributed by atoms with Gasteiger partial charge < -0.3 is 4.52 Å². The molecule has 2 saturated heterocycles. The van der Waals surface area contributed by atoms with Crippen LogP contribution in [0, 0.1) is 0 Å². The van der Waals surface area contributed by atoms with Gasteiger partial charge >= 0.3 is 0 Å². The monoisotopic (exact) mass is 221 g/mol. The van der Waals surface area contributed by atoms with Gasteiger partial charge in [-0.3, -0.25) is 9.80 Å². The van der Waals surface area contributed by atoms with Crippen molar-refractivity contribution in [3.05, 3.63) is 18.0 Å². The Labute approximate surface area is 96.2 Å². The first kappa shape index (κ1) is 10.3. The molecule has 2 aliphatic rings. The van der Waals surface area contributed by atoms with E-state index < -0.39 is 0 Å². The summed E-state index contributed by atoms with van der Waals surface area (Å²) >= 11 is 0. The van der Waals surface area contributed by atoms with Crippen molar-refractivity contribution in [3.8, 4) is 0 Å². The zero-order valence-corrected chi connectivity index (χ0v) is 9.64. The van der Waals surface area contributed by atoms with E-state index in [1.165, 1.54) is 38.9 Å². The number of hydrogen-bond donors (Lipinski definition) is 0. The number of nitrogens with zero attached hydrogens (tertiary/aromatic N) is 3. The molecule has 1 atom stereocenters. The van der Waals surface area contributed by atoms with Crippen molar-refractivity contribution in [3.63, 3.8) is 0 Å². The molecule has 16 heavy (non-hydrogen) atoms. The van der Waals surface area contributed by atoms with Crippen LogP contribution >= 0.6 is 0 Å². The Bertz CT molecular complexity index is 325. The molecule has 1 aromatic heterocycles. The molecule has 0 aromatic carbocycles. The molecule has 0 radical (unpaired) electrons. The van der Waals surface area contributed by atoms with Gasteiger partial charge in [-0.25, -0.2) is 0 Å². The molecule has 0 bridgehead atoms. The number of aromatic nitrogens is 1. The normalized spacial score (nSPS) is 27.9. The van der Waals surface area contributed by atoms with E-state index in [2.05, 4.69) is 15.0 Å².